The number of ether oxygens (including phenoxy) is 3. The molecule has 0 bridgehead atoms. The van der Waals surface area contributed by atoms with Crippen LogP contribution in [-0.2, 0) is 4.74 Å². The molecular formula is C20H21N5O4. The van der Waals surface area contributed by atoms with Crippen LogP contribution in [0, 0.1) is 22.7 Å². The molecule has 9 nitrogen and oxygen atoms in total. The number of hydrogen-bond acceptors (Lipinski definition) is 8. The largest absolute Gasteiger partial charge is 0.493 e. The minimum atomic E-state index is -0.649. The molecule has 1 aliphatic heterocycles. The highest BCUT2D eigenvalue weighted by Crippen LogP contribution is 2.35. The molecule has 0 radical (unpaired) electrons. The molecule has 1 aromatic carbocycles. The maximum absolute atomic E-state index is 12.1. The van der Waals surface area contributed by atoms with Gasteiger partial charge >= 0.3 is 0 Å². The Morgan fingerprint density at radius 2 is 1.93 bits per heavy atom. The van der Waals surface area contributed by atoms with Crippen LogP contribution < -0.4 is 20.8 Å². The van der Waals surface area contributed by atoms with E-state index in [-0.39, 0.29) is 22.5 Å². The van der Waals surface area contributed by atoms with Gasteiger partial charge in [0.15, 0.2) is 11.5 Å². The highest BCUT2D eigenvalue weighted by atomic mass is 16.5. The number of nitrogens with zero attached hydrogens (tertiary/aromatic N) is 3. The molecule has 29 heavy (non-hydrogen) atoms. The number of benzene rings is 1. The van der Waals surface area contributed by atoms with Crippen molar-refractivity contribution in [3.63, 3.8) is 0 Å². The van der Waals surface area contributed by atoms with Crippen molar-refractivity contribution in [3.05, 3.63) is 39.7 Å². The molecule has 1 aliphatic rings. The highest BCUT2D eigenvalue weighted by Gasteiger charge is 2.20. The summed E-state index contributed by atoms with van der Waals surface area (Å²) < 4.78 is 16.6. The molecule has 0 aliphatic carbocycles. The first-order valence-corrected chi connectivity index (χ1v) is 9.06. The number of pyridine rings is 1. The summed E-state index contributed by atoms with van der Waals surface area (Å²) in [5.74, 6) is 0.867. The second-order valence-corrected chi connectivity index (χ2v) is 6.38. The molecule has 0 amide bonds. The van der Waals surface area contributed by atoms with Gasteiger partial charge < -0.3 is 24.9 Å². The van der Waals surface area contributed by atoms with Crippen LogP contribution in [0.15, 0.2) is 23.0 Å². The molecule has 1 aromatic heterocycles. The summed E-state index contributed by atoms with van der Waals surface area (Å²) in [7, 11) is 1.50. The van der Waals surface area contributed by atoms with Crippen molar-refractivity contribution >= 4 is 5.82 Å². The number of methoxy groups -OCH3 is 1. The number of nitrogen functional groups attached to an aromatic ring is 1. The van der Waals surface area contributed by atoms with Crippen molar-refractivity contribution in [3.8, 4) is 34.8 Å². The lowest BCUT2D eigenvalue weighted by Gasteiger charge is -2.26. The van der Waals surface area contributed by atoms with E-state index in [0.29, 0.717) is 23.7 Å². The van der Waals surface area contributed by atoms with Gasteiger partial charge in [-0.2, -0.15) is 10.5 Å². The third-order valence-electron chi connectivity index (χ3n) is 4.69. The summed E-state index contributed by atoms with van der Waals surface area (Å²) in [5.41, 5.74) is 5.62. The van der Waals surface area contributed by atoms with Crippen LogP contribution in [0.3, 0.4) is 0 Å². The van der Waals surface area contributed by atoms with Crippen LogP contribution in [0.2, 0.25) is 0 Å². The summed E-state index contributed by atoms with van der Waals surface area (Å²) in [6, 6.07) is 8.78. The van der Waals surface area contributed by atoms with Crippen molar-refractivity contribution in [2.45, 2.75) is 0 Å². The van der Waals surface area contributed by atoms with Gasteiger partial charge in [-0.3, -0.25) is 9.69 Å². The maximum Gasteiger partial charge on any atom is 0.268 e. The average molecular weight is 395 g/mol. The van der Waals surface area contributed by atoms with Gasteiger partial charge in [0.2, 0.25) is 0 Å². The van der Waals surface area contributed by atoms with Gasteiger partial charge in [0.25, 0.3) is 5.56 Å². The zero-order valence-electron chi connectivity index (χ0n) is 16.0. The van der Waals surface area contributed by atoms with Crippen LogP contribution in [0.1, 0.15) is 11.1 Å². The fourth-order valence-electron chi connectivity index (χ4n) is 3.18. The van der Waals surface area contributed by atoms with Crippen molar-refractivity contribution in [1.82, 2.24) is 9.88 Å². The van der Waals surface area contributed by atoms with Gasteiger partial charge in [-0.05, 0) is 17.7 Å². The van der Waals surface area contributed by atoms with E-state index < -0.39 is 5.56 Å². The molecule has 3 N–H and O–H groups in total. The molecule has 0 unspecified atom stereocenters. The number of nitrogens with two attached hydrogens (primary N) is 1. The Labute approximate surface area is 167 Å². The van der Waals surface area contributed by atoms with Gasteiger partial charge in [0.05, 0.1) is 20.3 Å². The average Bonchev–Trinajstić information content (AvgIpc) is 2.74. The summed E-state index contributed by atoms with van der Waals surface area (Å²) in [4.78, 5) is 16.7. The Bertz CT molecular complexity index is 1030. The lowest BCUT2D eigenvalue weighted by molar-refractivity contribution is 0.0321. The van der Waals surface area contributed by atoms with Crippen LogP contribution in [0.25, 0.3) is 11.1 Å². The van der Waals surface area contributed by atoms with E-state index >= 15 is 0 Å². The zero-order chi connectivity index (χ0) is 20.8. The van der Waals surface area contributed by atoms with Gasteiger partial charge in [-0.25, -0.2) is 0 Å². The van der Waals surface area contributed by atoms with Gasteiger partial charge in [-0.15, -0.1) is 0 Å². The molecule has 2 heterocycles. The van der Waals surface area contributed by atoms with E-state index in [2.05, 4.69) is 9.88 Å². The van der Waals surface area contributed by atoms with Crippen LogP contribution >= 0.6 is 0 Å². The molecular weight excluding hydrogens is 374 g/mol. The number of aromatic amines is 1. The Kier molecular flexibility index (Phi) is 6.35. The van der Waals surface area contributed by atoms with E-state index in [0.717, 1.165) is 32.8 Å². The number of nitriles is 2. The Hall–Kier alpha value is -3.53. The summed E-state index contributed by atoms with van der Waals surface area (Å²) >= 11 is 0. The Balaban J connectivity index is 1.89. The summed E-state index contributed by atoms with van der Waals surface area (Å²) in [5, 5.41) is 18.9. The molecule has 0 atom stereocenters. The number of aromatic nitrogens is 1. The molecule has 2 aromatic rings. The molecule has 0 spiro atoms. The number of rotatable bonds is 6. The fourth-order valence-corrected chi connectivity index (χ4v) is 3.18. The number of morpholine rings is 1. The molecule has 3 rings (SSSR count). The van der Waals surface area contributed by atoms with E-state index in [4.69, 9.17) is 19.9 Å². The standard InChI is InChI=1S/C20H21N5O4/c1-27-17-10-13(18-14(11-21)19(23)24-20(26)15(18)12-22)2-3-16(17)29-9-6-25-4-7-28-8-5-25/h2-3,10H,4-9H2,1H3,(H3,23,24,26). The zero-order valence-corrected chi connectivity index (χ0v) is 16.0. The van der Waals surface area contributed by atoms with Crippen LogP contribution in [0.5, 0.6) is 11.5 Å². The number of anilines is 1. The van der Waals surface area contributed by atoms with Crippen LogP contribution in [0.4, 0.5) is 5.82 Å². The lowest BCUT2D eigenvalue weighted by Crippen LogP contribution is -2.38. The van der Waals surface area contributed by atoms with E-state index in [9.17, 15) is 15.3 Å². The van der Waals surface area contributed by atoms with Gasteiger partial charge in [0.1, 0.15) is 35.7 Å². The van der Waals surface area contributed by atoms with Gasteiger partial charge in [0, 0.05) is 25.2 Å². The normalized spacial score (nSPS) is 14.0. The molecule has 9 heteroatoms. The fraction of sp³-hybridized carbons (Fsp3) is 0.350. The van der Waals surface area contributed by atoms with Crippen LogP contribution in [-0.4, -0.2) is 56.4 Å². The van der Waals surface area contributed by atoms with Gasteiger partial charge in [-0.1, -0.05) is 6.07 Å². The quantitative estimate of drug-likeness (QED) is 0.741. The van der Waals surface area contributed by atoms with Crippen molar-refractivity contribution in [2.24, 2.45) is 0 Å². The predicted molar refractivity (Wildman–Crippen MR) is 106 cm³/mol. The van der Waals surface area contributed by atoms with Crippen molar-refractivity contribution in [2.75, 3.05) is 52.3 Å². The molecule has 1 fully saturated rings. The number of hydrogen-bond donors (Lipinski definition) is 2. The Morgan fingerprint density at radius 3 is 2.59 bits per heavy atom. The first-order chi connectivity index (χ1) is 14.1. The van der Waals surface area contributed by atoms with Crippen molar-refractivity contribution < 1.29 is 14.2 Å². The minimum Gasteiger partial charge on any atom is -0.493 e. The maximum atomic E-state index is 12.1. The monoisotopic (exact) mass is 395 g/mol. The van der Waals surface area contributed by atoms with E-state index in [1.165, 1.54) is 7.11 Å². The number of nitrogens with one attached hydrogen (secondary N) is 1. The number of H-pyrrole nitrogens is 1. The highest BCUT2D eigenvalue weighted by molar-refractivity contribution is 5.81. The predicted octanol–water partition coefficient (Wildman–Crippen LogP) is 1.09. The third kappa shape index (κ3) is 4.32. The second-order valence-electron chi connectivity index (χ2n) is 6.38. The third-order valence-corrected chi connectivity index (χ3v) is 4.69. The summed E-state index contributed by atoms with van der Waals surface area (Å²) in [6.07, 6.45) is 0. The topological polar surface area (TPSA) is 137 Å². The van der Waals surface area contributed by atoms with E-state index in [1.54, 1.807) is 18.2 Å². The van der Waals surface area contributed by atoms with E-state index in [1.807, 2.05) is 12.1 Å². The smallest absolute Gasteiger partial charge is 0.268 e. The minimum absolute atomic E-state index is 0.0317. The molecule has 150 valence electrons. The van der Waals surface area contributed by atoms with Crippen molar-refractivity contribution in [1.29, 1.82) is 10.5 Å². The molecule has 1 saturated heterocycles. The lowest BCUT2D eigenvalue weighted by atomic mass is 9.96. The second kappa shape index (κ2) is 9.11. The SMILES string of the molecule is COc1cc(-c2c(C#N)c(N)[nH]c(=O)c2C#N)ccc1OCCN1CCOCC1. The Morgan fingerprint density at radius 1 is 1.21 bits per heavy atom. The summed E-state index contributed by atoms with van der Waals surface area (Å²) in [6.45, 7) is 4.42. The molecule has 0 saturated carbocycles. The first-order valence-electron chi connectivity index (χ1n) is 9.06. The first kappa shape index (κ1) is 20.2.